The van der Waals surface area contributed by atoms with Crippen LogP contribution in [-0.2, 0) is 14.2 Å². The number of amides is 1. The number of carbonyl (C=O) groups is 1. The van der Waals surface area contributed by atoms with Crippen molar-refractivity contribution in [1.29, 1.82) is 0 Å². The third-order valence-electron chi connectivity index (χ3n) is 2.52. The predicted molar refractivity (Wildman–Crippen MR) is 79.6 cm³/mol. The number of carbonyl (C=O) groups excluding carboxylic acids is 1. The summed E-state index contributed by atoms with van der Waals surface area (Å²) in [5.74, 6) is 0. The third-order valence-corrected chi connectivity index (χ3v) is 3.91. The summed E-state index contributed by atoms with van der Waals surface area (Å²) < 4.78 is 15.8. The van der Waals surface area contributed by atoms with E-state index in [-0.39, 0.29) is 6.09 Å². The van der Waals surface area contributed by atoms with Gasteiger partial charge in [-0.25, -0.2) is 4.79 Å². The highest BCUT2D eigenvalue weighted by Crippen LogP contribution is 1.96. The largest absolute Gasteiger partial charge is 0.450 e. The Morgan fingerprint density at radius 1 is 1.05 bits per heavy atom. The van der Waals surface area contributed by atoms with Crippen molar-refractivity contribution in [2.75, 3.05) is 46.6 Å². The Balaban J connectivity index is 3.41. The summed E-state index contributed by atoms with van der Waals surface area (Å²) in [4.78, 5) is 13.1. The van der Waals surface area contributed by atoms with Crippen LogP contribution in [0.15, 0.2) is 0 Å². The molecule has 6 heteroatoms. The summed E-state index contributed by atoms with van der Waals surface area (Å²) >= 11 is 0. The lowest BCUT2D eigenvalue weighted by Crippen LogP contribution is -2.31. The van der Waals surface area contributed by atoms with Crippen LogP contribution in [0.3, 0.4) is 0 Å². The van der Waals surface area contributed by atoms with Crippen LogP contribution in [0.5, 0.6) is 0 Å². The maximum atomic E-state index is 11.6. The molecule has 0 aromatic rings. The Bertz CT molecular complexity index is 227. The van der Waals surface area contributed by atoms with Gasteiger partial charge < -0.3 is 19.1 Å². The number of hydrogen-bond donors (Lipinski definition) is 0. The fourth-order valence-electron chi connectivity index (χ4n) is 1.25. The molecular formula is C13H29NO4Si. The molecule has 0 spiro atoms. The SMILES string of the molecule is CCCOCCOCCN(C)C(=O)OCC[SiH](C)C. The molecule has 0 fully saturated rings. The highest BCUT2D eigenvalue weighted by molar-refractivity contribution is 6.55. The maximum Gasteiger partial charge on any atom is 0.409 e. The van der Waals surface area contributed by atoms with Crippen LogP contribution in [0.1, 0.15) is 13.3 Å². The van der Waals surface area contributed by atoms with Crippen LogP contribution < -0.4 is 0 Å². The average Bonchev–Trinajstić information content (AvgIpc) is 2.36. The molecule has 0 radical (unpaired) electrons. The number of rotatable bonds is 11. The van der Waals surface area contributed by atoms with Crippen LogP contribution >= 0.6 is 0 Å². The summed E-state index contributed by atoms with van der Waals surface area (Å²) in [6.07, 6.45) is 0.758. The van der Waals surface area contributed by atoms with E-state index < -0.39 is 8.80 Å². The summed E-state index contributed by atoms with van der Waals surface area (Å²) in [5, 5.41) is 0. The van der Waals surface area contributed by atoms with Crippen LogP contribution in [-0.4, -0.2) is 66.4 Å². The van der Waals surface area contributed by atoms with Gasteiger partial charge in [0.25, 0.3) is 0 Å². The second-order valence-electron chi connectivity index (χ2n) is 4.94. The Morgan fingerprint density at radius 2 is 1.68 bits per heavy atom. The second kappa shape index (κ2) is 12.4. The van der Waals surface area contributed by atoms with Gasteiger partial charge in [-0.3, -0.25) is 0 Å². The van der Waals surface area contributed by atoms with Crippen molar-refractivity contribution < 1.29 is 19.0 Å². The van der Waals surface area contributed by atoms with E-state index in [2.05, 4.69) is 20.0 Å². The lowest BCUT2D eigenvalue weighted by atomic mass is 10.5. The Hall–Kier alpha value is -0.593. The van der Waals surface area contributed by atoms with Crippen molar-refractivity contribution in [2.45, 2.75) is 32.5 Å². The van der Waals surface area contributed by atoms with Gasteiger partial charge in [0.1, 0.15) is 0 Å². The molecule has 0 saturated heterocycles. The Morgan fingerprint density at radius 3 is 2.26 bits per heavy atom. The van der Waals surface area contributed by atoms with E-state index in [1.165, 1.54) is 0 Å². The summed E-state index contributed by atoms with van der Waals surface area (Å²) in [5.41, 5.74) is 0. The van der Waals surface area contributed by atoms with Crippen molar-refractivity contribution >= 4 is 14.9 Å². The first-order chi connectivity index (χ1) is 9.07. The van der Waals surface area contributed by atoms with Gasteiger partial charge in [-0.1, -0.05) is 20.0 Å². The fraction of sp³-hybridized carbons (Fsp3) is 0.923. The number of hydrogen-bond acceptors (Lipinski definition) is 4. The van der Waals surface area contributed by atoms with Gasteiger partial charge in [0, 0.05) is 29.0 Å². The van der Waals surface area contributed by atoms with Gasteiger partial charge in [-0.05, 0) is 12.5 Å². The van der Waals surface area contributed by atoms with Gasteiger partial charge in [-0.15, -0.1) is 0 Å². The minimum absolute atomic E-state index is 0.263. The quantitative estimate of drug-likeness (QED) is 0.431. The molecule has 1 amide bonds. The molecule has 0 unspecified atom stereocenters. The van der Waals surface area contributed by atoms with Crippen molar-refractivity contribution in [3.05, 3.63) is 0 Å². The molecule has 0 aliphatic heterocycles. The normalized spacial score (nSPS) is 10.8. The number of ether oxygens (including phenoxy) is 3. The van der Waals surface area contributed by atoms with E-state index in [1.807, 2.05) is 0 Å². The first kappa shape index (κ1) is 18.4. The molecule has 0 heterocycles. The molecule has 0 aliphatic rings. The summed E-state index contributed by atoms with van der Waals surface area (Å²) in [6.45, 7) is 10.1. The van der Waals surface area contributed by atoms with Gasteiger partial charge in [-0.2, -0.15) is 0 Å². The van der Waals surface area contributed by atoms with Crippen molar-refractivity contribution in [3.63, 3.8) is 0 Å². The molecule has 0 saturated carbocycles. The highest BCUT2D eigenvalue weighted by Gasteiger charge is 2.09. The lowest BCUT2D eigenvalue weighted by Gasteiger charge is -2.17. The van der Waals surface area contributed by atoms with E-state index in [4.69, 9.17) is 14.2 Å². The number of nitrogens with zero attached hydrogens (tertiary/aromatic N) is 1. The first-order valence-electron chi connectivity index (χ1n) is 7.11. The van der Waals surface area contributed by atoms with E-state index in [0.717, 1.165) is 19.1 Å². The van der Waals surface area contributed by atoms with Crippen LogP contribution in [0, 0.1) is 0 Å². The molecule has 0 aromatic heterocycles. The minimum Gasteiger partial charge on any atom is -0.450 e. The minimum atomic E-state index is -0.637. The summed E-state index contributed by atoms with van der Waals surface area (Å²) in [6, 6.07) is 1.03. The van der Waals surface area contributed by atoms with E-state index in [0.29, 0.717) is 33.0 Å². The molecule has 0 bridgehead atoms. The molecule has 5 nitrogen and oxygen atoms in total. The predicted octanol–water partition coefficient (Wildman–Crippen LogP) is 1.98. The highest BCUT2D eigenvalue weighted by atomic mass is 28.3. The lowest BCUT2D eigenvalue weighted by molar-refractivity contribution is 0.0390. The molecular weight excluding hydrogens is 262 g/mol. The molecule has 0 atom stereocenters. The Kier molecular flexibility index (Phi) is 12.1. The van der Waals surface area contributed by atoms with Crippen LogP contribution in [0.2, 0.25) is 19.1 Å². The molecule has 0 aromatic carbocycles. The van der Waals surface area contributed by atoms with Crippen molar-refractivity contribution in [2.24, 2.45) is 0 Å². The van der Waals surface area contributed by atoms with E-state index in [1.54, 1.807) is 11.9 Å². The van der Waals surface area contributed by atoms with Crippen molar-refractivity contribution in [1.82, 2.24) is 4.90 Å². The van der Waals surface area contributed by atoms with Gasteiger partial charge >= 0.3 is 6.09 Å². The van der Waals surface area contributed by atoms with Gasteiger partial charge in [0.15, 0.2) is 0 Å². The zero-order valence-electron chi connectivity index (χ0n) is 12.8. The molecule has 114 valence electrons. The molecule has 0 rings (SSSR count). The van der Waals surface area contributed by atoms with Gasteiger partial charge in [0.2, 0.25) is 0 Å². The molecule has 0 N–H and O–H groups in total. The smallest absolute Gasteiger partial charge is 0.409 e. The van der Waals surface area contributed by atoms with Crippen LogP contribution in [0.4, 0.5) is 4.79 Å². The average molecular weight is 291 g/mol. The first-order valence-corrected chi connectivity index (χ1v) is 10.2. The Labute approximate surface area is 118 Å². The molecule has 19 heavy (non-hydrogen) atoms. The van der Waals surface area contributed by atoms with Gasteiger partial charge in [0.05, 0.1) is 26.4 Å². The summed E-state index contributed by atoms with van der Waals surface area (Å²) in [7, 11) is 1.09. The van der Waals surface area contributed by atoms with Crippen molar-refractivity contribution in [3.8, 4) is 0 Å². The number of likely N-dealkylation sites (N-methyl/N-ethyl adjacent to an activating group) is 1. The van der Waals surface area contributed by atoms with E-state index in [9.17, 15) is 4.79 Å². The zero-order valence-corrected chi connectivity index (χ0v) is 14.0. The van der Waals surface area contributed by atoms with E-state index >= 15 is 0 Å². The van der Waals surface area contributed by atoms with Crippen LogP contribution in [0.25, 0.3) is 0 Å². The molecule has 0 aliphatic carbocycles. The fourth-order valence-corrected chi connectivity index (χ4v) is 1.84. The maximum absolute atomic E-state index is 11.6. The monoisotopic (exact) mass is 291 g/mol. The zero-order chi connectivity index (χ0) is 14.5. The third kappa shape index (κ3) is 12.2. The standard InChI is InChI=1S/C13H29NO4Si/c1-5-7-16-9-10-17-8-6-14(2)13(15)18-11-12-19(3)4/h19H,5-12H2,1-4H3. The topological polar surface area (TPSA) is 48.0 Å². The second-order valence-corrected chi connectivity index (χ2v) is 8.31.